The van der Waals surface area contributed by atoms with Crippen molar-refractivity contribution in [2.45, 2.75) is 30.3 Å². The quantitative estimate of drug-likeness (QED) is 0.376. The van der Waals surface area contributed by atoms with Gasteiger partial charge in [-0.1, -0.05) is 36.0 Å². The number of hydrogen-bond donors (Lipinski definition) is 2. The van der Waals surface area contributed by atoms with Gasteiger partial charge in [-0.2, -0.15) is 0 Å². The number of rotatable bonds is 6. The molecule has 0 saturated heterocycles. The molecule has 0 bridgehead atoms. The van der Waals surface area contributed by atoms with Crippen molar-refractivity contribution in [3.8, 4) is 0 Å². The average molecular weight is 408 g/mol. The molecule has 2 heterocycles. The van der Waals surface area contributed by atoms with E-state index in [4.69, 9.17) is 0 Å². The molecule has 0 aliphatic heterocycles. The fourth-order valence-corrected chi connectivity index (χ4v) is 4.17. The SMILES string of the molecule is C[C@@H](Sc1nc2ccccc2c(=O)n1CCCO)c1nc2ccccc2c(=O)[nH]1. The van der Waals surface area contributed by atoms with Crippen molar-refractivity contribution < 1.29 is 5.11 Å². The van der Waals surface area contributed by atoms with Crippen molar-refractivity contribution in [2.24, 2.45) is 0 Å². The van der Waals surface area contributed by atoms with E-state index in [-0.39, 0.29) is 23.0 Å². The Balaban J connectivity index is 1.76. The van der Waals surface area contributed by atoms with Crippen molar-refractivity contribution in [1.29, 1.82) is 0 Å². The summed E-state index contributed by atoms with van der Waals surface area (Å²) in [4.78, 5) is 37.4. The summed E-state index contributed by atoms with van der Waals surface area (Å²) in [6.07, 6.45) is 0.451. The summed E-state index contributed by atoms with van der Waals surface area (Å²) in [7, 11) is 0. The van der Waals surface area contributed by atoms with Crippen LogP contribution in [-0.4, -0.2) is 31.2 Å². The Bertz CT molecular complexity index is 1300. The highest BCUT2D eigenvalue weighted by Gasteiger charge is 2.18. The molecule has 0 aliphatic carbocycles. The zero-order valence-electron chi connectivity index (χ0n) is 15.8. The second-order valence-corrected chi connectivity index (χ2v) is 7.98. The second-order valence-electron chi connectivity index (χ2n) is 6.67. The molecule has 4 aromatic rings. The highest BCUT2D eigenvalue weighted by molar-refractivity contribution is 7.99. The Labute approximate surface area is 170 Å². The number of H-pyrrole nitrogens is 1. The molecule has 29 heavy (non-hydrogen) atoms. The van der Waals surface area contributed by atoms with Gasteiger partial charge in [0.05, 0.1) is 27.1 Å². The normalized spacial score (nSPS) is 12.5. The van der Waals surface area contributed by atoms with E-state index >= 15 is 0 Å². The van der Waals surface area contributed by atoms with Crippen molar-refractivity contribution in [3.63, 3.8) is 0 Å². The Kier molecular flexibility index (Phi) is 5.46. The molecule has 8 heteroatoms. The van der Waals surface area contributed by atoms with Crippen LogP contribution >= 0.6 is 11.8 Å². The van der Waals surface area contributed by atoms with E-state index < -0.39 is 0 Å². The molecule has 148 valence electrons. The number of aliphatic hydroxyl groups excluding tert-OH is 1. The van der Waals surface area contributed by atoms with Crippen LogP contribution in [0.3, 0.4) is 0 Å². The molecule has 0 unspecified atom stereocenters. The van der Waals surface area contributed by atoms with Gasteiger partial charge >= 0.3 is 0 Å². The third-order valence-corrected chi connectivity index (χ3v) is 5.76. The highest BCUT2D eigenvalue weighted by Crippen LogP contribution is 2.32. The number of hydrogen-bond acceptors (Lipinski definition) is 6. The second kappa shape index (κ2) is 8.18. The summed E-state index contributed by atoms with van der Waals surface area (Å²) in [5.41, 5.74) is 0.913. The topological polar surface area (TPSA) is 101 Å². The van der Waals surface area contributed by atoms with Crippen LogP contribution in [0.2, 0.25) is 0 Å². The first kappa shape index (κ1) is 19.4. The van der Waals surface area contributed by atoms with Crippen LogP contribution in [0.25, 0.3) is 21.8 Å². The average Bonchev–Trinajstić information content (AvgIpc) is 2.73. The molecule has 0 saturated carbocycles. The van der Waals surface area contributed by atoms with Crippen molar-refractivity contribution in [3.05, 3.63) is 75.1 Å². The Morgan fingerprint density at radius 1 is 1.03 bits per heavy atom. The van der Waals surface area contributed by atoms with Crippen molar-refractivity contribution >= 4 is 33.6 Å². The monoisotopic (exact) mass is 408 g/mol. The summed E-state index contributed by atoms with van der Waals surface area (Å²) in [5.74, 6) is 0.523. The van der Waals surface area contributed by atoms with Crippen molar-refractivity contribution in [2.75, 3.05) is 6.61 Å². The summed E-state index contributed by atoms with van der Waals surface area (Å²) in [6.45, 7) is 2.26. The molecule has 0 spiro atoms. The Hall–Kier alpha value is -2.97. The number of aliphatic hydroxyl groups is 1. The van der Waals surface area contributed by atoms with E-state index in [2.05, 4.69) is 15.0 Å². The molecule has 0 aliphatic rings. The first-order valence-electron chi connectivity index (χ1n) is 9.34. The number of nitrogens with one attached hydrogen (secondary N) is 1. The number of thioether (sulfide) groups is 1. The first-order valence-corrected chi connectivity index (χ1v) is 10.2. The largest absolute Gasteiger partial charge is 0.396 e. The molecular formula is C21H20N4O3S. The molecule has 4 rings (SSSR count). The molecule has 1 atom stereocenters. The number of benzene rings is 2. The zero-order chi connectivity index (χ0) is 20.4. The molecule has 7 nitrogen and oxygen atoms in total. The van der Waals surface area contributed by atoms with Gasteiger partial charge in [0.25, 0.3) is 11.1 Å². The lowest BCUT2D eigenvalue weighted by molar-refractivity contribution is 0.276. The molecule has 2 aromatic heterocycles. The van der Waals surface area contributed by atoms with Crippen LogP contribution in [0.15, 0.2) is 63.3 Å². The van der Waals surface area contributed by atoms with Gasteiger partial charge in [-0.05, 0) is 37.6 Å². The minimum Gasteiger partial charge on any atom is -0.396 e. The Morgan fingerprint density at radius 2 is 1.69 bits per heavy atom. The summed E-state index contributed by atoms with van der Waals surface area (Å²) in [6, 6.07) is 14.4. The lowest BCUT2D eigenvalue weighted by Crippen LogP contribution is -2.24. The molecule has 2 aromatic carbocycles. The highest BCUT2D eigenvalue weighted by atomic mass is 32.2. The predicted octanol–water partition coefficient (Wildman–Crippen LogP) is 2.87. The van der Waals surface area contributed by atoms with Gasteiger partial charge in [0.15, 0.2) is 5.16 Å². The van der Waals surface area contributed by atoms with Crippen LogP contribution in [0.4, 0.5) is 0 Å². The maximum absolute atomic E-state index is 13.0. The molecule has 0 amide bonds. The zero-order valence-corrected chi connectivity index (χ0v) is 16.6. The molecular weight excluding hydrogens is 388 g/mol. The van der Waals surface area contributed by atoms with Crippen molar-refractivity contribution in [1.82, 2.24) is 19.5 Å². The Morgan fingerprint density at radius 3 is 2.41 bits per heavy atom. The van der Waals surface area contributed by atoms with Gasteiger partial charge in [-0.15, -0.1) is 0 Å². The van der Waals surface area contributed by atoms with E-state index in [9.17, 15) is 14.7 Å². The molecule has 0 fully saturated rings. The number of aromatic amines is 1. The van der Waals surface area contributed by atoms with Gasteiger partial charge in [0.2, 0.25) is 0 Å². The molecule has 2 N–H and O–H groups in total. The predicted molar refractivity (Wildman–Crippen MR) is 114 cm³/mol. The van der Waals surface area contributed by atoms with Crippen LogP contribution < -0.4 is 11.1 Å². The van der Waals surface area contributed by atoms with Gasteiger partial charge in [-0.25, -0.2) is 9.97 Å². The summed E-state index contributed by atoms with van der Waals surface area (Å²) >= 11 is 1.36. The fourth-order valence-electron chi connectivity index (χ4n) is 3.17. The van der Waals surface area contributed by atoms with Crippen LogP contribution in [0, 0.1) is 0 Å². The maximum Gasteiger partial charge on any atom is 0.262 e. The minimum absolute atomic E-state index is 0.0154. The van der Waals surface area contributed by atoms with Crippen LogP contribution in [0.1, 0.15) is 24.4 Å². The van der Waals surface area contributed by atoms with E-state index in [0.717, 1.165) is 0 Å². The standard InChI is InChI=1S/C21H20N4O3S/c1-13(18-22-16-9-4-2-7-14(16)19(27)24-18)29-21-23-17-10-5-3-8-15(17)20(28)25(21)11-6-12-26/h2-5,7-10,13,26H,6,11-12H2,1H3,(H,22,24,27)/t13-/m1/s1. The number of nitrogens with zero attached hydrogens (tertiary/aromatic N) is 3. The minimum atomic E-state index is -0.235. The van der Waals surface area contributed by atoms with E-state index in [1.807, 2.05) is 19.1 Å². The van der Waals surface area contributed by atoms with Gasteiger partial charge in [0.1, 0.15) is 5.82 Å². The van der Waals surface area contributed by atoms with Gasteiger partial charge < -0.3 is 10.1 Å². The van der Waals surface area contributed by atoms with Gasteiger partial charge in [0, 0.05) is 13.2 Å². The third kappa shape index (κ3) is 3.81. The van der Waals surface area contributed by atoms with Crippen LogP contribution in [-0.2, 0) is 6.54 Å². The number of para-hydroxylation sites is 2. The van der Waals surface area contributed by atoms with E-state index in [0.29, 0.717) is 45.8 Å². The lowest BCUT2D eigenvalue weighted by atomic mass is 10.2. The number of fused-ring (bicyclic) bond motifs is 2. The smallest absolute Gasteiger partial charge is 0.262 e. The lowest BCUT2D eigenvalue weighted by Gasteiger charge is -2.16. The van der Waals surface area contributed by atoms with Gasteiger partial charge in [-0.3, -0.25) is 14.2 Å². The maximum atomic E-state index is 13.0. The summed E-state index contributed by atoms with van der Waals surface area (Å²) < 4.78 is 1.58. The fraction of sp³-hybridized carbons (Fsp3) is 0.238. The van der Waals surface area contributed by atoms with E-state index in [1.165, 1.54) is 11.8 Å². The summed E-state index contributed by atoms with van der Waals surface area (Å²) in [5, 5.41) is 10.6. The molecule has 0 radical (unpaired) electrons. The first-order chi connectivity index (χ1) is 14.1. The third-order valence-electron chi connectivity index (χ3n) is 4.66. The van der Waals surface area contributed by atoms with E-state index in [1.54, 1.807) is 41.0 Å². The van der Waals surface area contributed by atoms with Crippen LogP contribution in [0.5, 0.6) is 0 Å². The number of aromatic nitrogens is 4.